The Bertz CT molecular complexity index is 787. The van der Waals surface area contributed by atoms with Crippen molar-refractivity contribution in [1.82, 2.24) is 10.6 Å². The second-order valence-corrected chi connectivity index (χ2v) is 12.5. The molecule has 2 radical (unpaired) electrons. The van der Waals surface area contributed by atoms with Crippen LogP contribution in [0.5, 0.6) is 0 Å². The van der Waals surface area contributed by atoms with Gasteiger partial charge in [0.1, 0.15) is 23.3 Å². The molecular weight excluding hydrogens is 662 g/mol. The molecule has 0 aromatic heterocycles. The standard InChI is InChI=1S/C13H23NO4.C8H15NO4.C5H10O.2Y/c1-9(14-11(16)18-12(2,3)4)10(15)17-8-13(5)6-7-13;1-5(6(10)11)9-7(12)13-8(2,3)4;1-5(4-6)2-3-5;;/h9H,6-8H2,1-5H3,(H,14,16);5H,1-4H3,(H,9,12)(H,10,11);6H,2-4H2,1H3;;/t9-;5-;;;/m00.../s1. The molecule has 2 rings (SSSR count). The molecule has 4 N–H and O–H groups in total. The zero-order chi connectivity index (χ0) is 29.2. The number of carbonyl (C=O) groups is 4. The number of amides is 2. The largest absolute Gasteiger partial charge is 0.480 e. The van der Waals surface area contributed by atoms with E-state index in [-0.39, 0.29) is 70.8 Å². The van der Waals surface area contributed by atoms with Gasteiger partial charge >= 0.3 is 24.1 Å². The van der Waals surface area contributed by atoms with Crippen LogP contribution in [-0.2, 0) is 89.2 Å². The van der Waals surface area contributed by atoms with Gasteiger partial charge in [0.25, 0.3) is 0 Å². The molecule has 0 bridgehead atoms. The van der Waals surface area contributed by atoms with E-state index in [4.69, 9.17) is 24.4 Å². The number of alkyl carbamates (subject to hydrolysis) is 2. The number of aliphatic carboxylic acids is 1. The van der Waals surface area contributed by atoms with Crippen LogP contribution in [0.4, 0.5) is 9.59 Å². The first-order chi connectivity index (χ1) is 16.6. The molecule has 13 heteroatoms. The van der Waals surface area contributed by atoms with Crippen molar-refractivity contribution >= 4 is 24.1 Å². The van der Waals surface area contributed by atoms with Crippen LogP contribution in [0, 0.1) is 10.8 Å². The summed E-state index contributed by atoms with van der Waals surface area (Å²) in [7, 11) is 0. The summed E-state index contributed by atoms with van der Waals surface area (Å²) >= 11 is 0. The Hall–Kier alpha value is -0.352. The maximum absolute atomic E-state index is 11.6. The third-order valence-electron chi connectivity index (χ3n) is 5.34. The van der Waals surface area contributed by atoms with E-state index in [0.29, 0.717) is 18.6 Å². The van der Waals surface area contributed by atoms with Crippen molar-refractivity contribution in [2.45, 2.75) is 118 Å². The molecule has 0 aromatic rings. The van der Waals surface area contributed by atoms with Crippen LogP contribution >= 0.6 is 0 Å². The summed E-state index contributed by atoms with van der Waals surface area (Å²) < 4.78 is 15.1. The van der Waals surface area contributed by atoms with E-state index < -0.39 is 47.4 Å². The Morgan fingerprint density at radius 2 is 1.13 bits per heavy atom. The van der Waals surface area contributed by atoms with Crippen molar-refractivity contribution in [2.75, 3.05) is 13.2 Å². The van der Waals surface area contributed by atoms with Gasteiger partial charge in [-0.05, 0) is 86.5 Å². The summed E-state index contributed by atoms with van der Waals surface area (Å²) in [6.45, 7) is 18.4. The molecule has 2 fully saturated rings. The van der Waals surface area contributed by atoms with E-state index >= 15 is 0 Å². The first-order valence-corrected chi connectivity index (χ1v) is 12.6. The Morgan fingerprint density at radius 1 is 0.769 bits per heavy atom. The Labute approximate surface area is 283 Å². The predicted molar refractivity (Wildman–Crippen MR) is 138 cm³/mol. The van der Waals surface area contributed by atoms with Crippen LogP contribution in [0.15, 0.2) is 0 Å². The van der Waals surface area contributed by atoms with E-state index in [1.807, 2.05) is 0 Å². The summed E-state index contributed by atoms with van der Waals surface area (Å²) in [5.74, 6) is -1.51. The Morgan fingerprint density at radius 3 is 1.38 bits per heavy atom. The van der Waals surface area contributed by atoms with Gasteiger partial charge in [-0.15, -0.1) is 0 Å². The molecule has 2 amide bonds. The quantitative estimate of drug-likeness (QED) is 0.226. The minimum atomic E-state index is -1.09. The third kappa shape index (κ3) is 24.0. The molecular formula is C26H48N2O9Y2. The topological polar surface area (TPSA) is 160 Å². The first-order valence-electron chi connectivity index (χ1n) is 12.6. The summed E-state index contributed by atoms with van der Waals surface area (Å²) in [4.78, 5) is 44.4. The van der Waals surface area contributed by atoms with Gasteiger partial charge in [-0.1, -0.05) is 13.8 Å². The fraction of sp³-hybridized carbons (Fsp3) is 0.846. The van der Waals surface area contributed by atoms with Crippen molar-refractivity contribution in [1.29, 1.82) is 0 Å². The number of ether oxygens (including phenoxy) is 3. The van der Waals surface area contributed by atoms with Gasteiger partial charge in [0.15, 0.2) is 0 Å². The van der Waals surface area contributed by atoms with Crippen molar-refractivity contribution in [3.63, 3.8) is 0 Å². The van der Waals surface area contributed by atoms with Crippen molar-refractivity contribution in [3.8, 4) is 0 Å². The smallest absolute Gasteiger partial charge is 0.408 e. The number of carbonyl (C=O) groups excluding carboxylic acids is 3. The van der Waals surface area contributed by atoms with Crippen molar-refractivity contribution < 1.29 is 109 Å². The Balaban J connectivity index is -0.000000540. The maximum atomic E-state index is 11.6. The summed E-state index contributed by atoms with van der Waals surface area (Å²) in [6.07, 6.45) is 3.31. The second-order valence-electron chi connectivity index (χ2n) is 12.5. The molecule has 0 spiro atoms. The molecule has 2 saturated carbocycles. The molecule has 0 heterocycles. The number of aliphatic hydroxyl groups excluding tert-OH is 1. The molecule has 0 saturated heterocycles. The van der Waals surface area contributed by atoms with Gasteiger partial charge in [0.2, 0.25) is 0 Å². The number of carboxylic acids is 1. The molecule has 222 valence electrons. The average Bonchev–Trinajstić information content (AvgIpc) is 3.63. The normalized spacial score (nSPS) is 17.2. The van der Waals surface area contributed by atoms with Gasteiger partial charge in [0.05, 0.1) is 6.61 Å². The maximum Gasteiger partial charge on any atom is 0.408 e. The van der Waals surface area contributed by atoms with Crippen molar-refractivity contribution in [2.24, 2.45) is 10.8 Å². The number of rotatable bonds is 7. The van der Waals surface area contributed by atoms with E-state index in [1.54, 1.807) is 48.5 Å². The first kappa shape index (κ1) is 43.1. The van der Waals surface area contributed by atoms with Crippen LogP contribution in [-0.4, -0.2) is 70.8 Å². The van der Waals surface area contributed by atoms with Crippen LogP contribution in [0.3, 0.4) is 0 Å². The van der Waals surface area contributed by atoms with Gasteiger partial charge in [-0.25, -0.2) is 14.4 Å². The molecule has 2 aliphatic carbocycles. The number of hydrogen-bond acceptors (Lipinski definition) is 8. The van der Waals surface area contributed by atoms with Gasteiger partial charge in [-0.2, -0.15) is 0 Å². The zero-order valence-corrected chi connectivity index (χ0v) is 31.0. The average molecular weight is 710 g/mol. The number of aliphatic hydroxyl groups is 1. The van der Waals surface area contributed by atoms with Crippen LogP contribution in [0.25, 0.3) is 0 Å². The predicted octanol–water partition coefficient (Wildman–Crippen LogP) is 4.00. The summed E-state index contributed by atoms with van der Waals surface area (Å²) in [5.41, 5.74) is -0.682. The minimum Gasteiger partial charge on any atom is -0.480 e. The summed E-state index contributed by atoms with van der Waals surface area (Å²) in [5, 5.41) is 21.6. The molecule has 39 heavy (non-hydrogen) atoms. The number of carboxylic acid groups (broad SMARTS) is 1. The second kappa shape index (κ2) is 18.2. The van der Waals surface area contributed by atoms with E-state index in [9.17, 15) is 19.2 Å². The number of nitrogens with one attached hydrogen (secondary N) is 2. The number of hydrogen-bond donors (Lipinski definition) is 4. The minimum absolute atomic E-state index is 0. The molecule has 0 aromatic carbocycles. The molecule has 0 aliphatic heterocycles. The fourth-order valence-corrected chi connectivity index (χ4v) is 2.19. The van der Waals surface area contributed by atoms with Gasteiger partial charge in [0, 0.05) is 77.4 Å². The monoisotopic (exact) mass is 710 g/mol. The number of esters is 1. The van der Waals surface area contributed by atoms with Gasteiger partial charge in [-0.3, -0.25) is 4.79 Å². The molecule has 0 unspecified atom stereocenters. The summed E-state index contributed by atoms with van der Waals surface area (Å²) in [6, 6.07) is -1.63. The van der Waals surface area contributed by atoms with E-state index in [0.717, 1.165) is 12.8 Å². The molecule has 11 nitrogen and oxygen atoms in total. The molecule has 2 atom stereocenters. The third-order valence-corrected chi connectivity index (χ3v) is 5.34. The fourth-order valence-electron chi connectivity index (χ4n) is 2.19. The van der Waals surface area contributed by atoms with Crippen LogP contribution < -0.4 is 10.6 Å². The van der Waals surface area contributed by atoms with Crippen molar-refractivity contribution in [3.05, 3.63) is 0 Å². The van der Waals surface area contributed by atoms with E-state index in [1.165, 1.54) is 19.8 Å². The SMILES string of the molecule is CC1(CO)CC1.C[C@H](NC(=O)OC(C)(C)C)C(=O)O.C[C@H](NC(=O)OC(C)(C)C)C(=O)OCC1(C)CC1.[Y].[Y]. The zero-order valence-electron chi connectivity index (χ0n) is 25.3. The van der Waals surface area contributed by atoms with Crippen LogP contribution in [0.2, 0.25) is 0 Å². The Kier molecular flexibility index (Phi) is 20.2. The van der Waals surface area contributed by atoms with E-state index in [2.05, 4.69) is 24.5 Å². The van der Waals surface area contributed by atoms with Crippen LogP contribution in [0.1, 0.15) is 94.9 Å². The molecule has 2 aliphatic rings. The van der Waals surface area contributed by atoms with Gasteiger partial charge < -0.3 is 35.1 Å².